The van der Waals surface area contributed by atoms with Crippen molar-refractivity contribution in [2.24, 2.45) is 0 Å². The van der Waals surface area contributed by atoms with Crippen LogP contribution in [0.3, 0.4) is 0 Å². The lowest BCUT2D eigenvalue weighted by atomic mass is 10.2. The minimum absolute atomic E-state index is 0.0202. The summed E-state index contributed by atoms with van der Waals surface area (Å²) in [4.78, 5) is 2.69. The van der Waals surface area contributed by atoms with E-state index in [-0.39, 0.29) is 15.9 Å². The van der Waals surface area contributed by atoms with Gasteiger partial charge in [0.2, 0.25) is 34.8 Å². The van der Waals surface area contributed by atoms with E-state index in [1.165, 1.54) is 0 Å². The zero-order valence-corrected chi connectivity index (χ0v) is 14.1. The zero-order chi connectivity index (χ0) is 20.1. The van der Waals surface area contributed by atoms with Crippen LogP contribution in [0.5, 0.6) is 5.75 Å². The van der Waals surface area contributed by atoms with Crippen LogP contribution >= 0.6 is 11.6 Å². The molecule has 0 unspecified atom stereocenters. The molecule has 0 amide bonds. The summed E-state index contributed by atoms with van der Waals surface area (Å²) in [5.41, 5.74) is 0. The molecule has 0 N–H and O–H groups in total. The fraction of sp³-hybridized carbons (Fsp3) is 0. The molecule has 1 heterocycles. The van der Waals surface area contributed by atoms with Crippen LogP contribution in [0.1, 0.15) is 0 Å². The van der Waals surface area contributed by atoms with Crippen molar-refractivity contribution in [1.82, 2.24) is 4.98 Å². The van der Waals surface area contributed by atoms with Crippen LogP contribution in [-0.4, -0.2) is 13.4 Å². The molecule has 0 aliphatic rings. The Bertz CT molecular complexity index is 1170. The van der Waals surface area contributed by atoms with Crippen molar-refractivity contribution >= 4 is 32.5 Å². The molecule has 142 valence electrons. The number of fused-ring (bicyclic) bond motifs is 1. The van der Waals surface area contributed by atoms with Gasteiger partial charge in [-0.3, -0.25) is 0 Å². The van der Waals surface area contributed by atoms with Crippen LogP contribution < -0.4 is 4.18 Å². The van der Waals surface area contributed by atoms with Gasteiger partial charge in [0.1, 0.15) is 15.9 Å². The Labute approximate surface area is 152 Å². The van der Waals surface area contributed by atoms with Gasteiger partial charge >= 0.3 is 10.1 Å². The van der Waals surface area contributed by atoms with E-state index in [4.69, 9.17) is 11.6 Å². The Kier molecular flexibility index (Phi) is 4.68. The molecule has 3 aromatic rings. The number of rotatable bonds is 3. The maximum Gasteiger partial charge on any atom is 0.339 e. The van der Waals surface area contributed by atoms with Crippen LogP contribution in [0.25, 0.3) is 10.8 Å². The van der Waals surface area contributed by atoms with Crippen molar-refractivity contribution in [2.45, 2.75) is 4.90 Å². The maximum absolute atomic E-state index is 13.8. The number of halogens is 7. The predicted octanol–water partition coefficient (Wildman–Crippen LogP) is 4.49. The smallest absolute Gasteiger partial charge is 0.339 e. The molecule has 3 rings (SSSR count). The molecular weight excluding hydrogens is 424 g/mol. The van der Waals surface area contributed by atoms with Gasteiger partial charge in [-0.25, -0.2) is 22.5 Å². The molecule has 0 fully saturated rings. The van der Waals surface area contributed by atoms with Crippen LogP contribution in [0.2, 0.25) is 5.15 Å². The lowest BCUT2D eigenvalue weighted by Gasteiger charge is -2.11. The van der Waals surface area contributed by atoms with Crippen molar-refractivity contribution in [1.29, 1.82) is 0 Å². The maximum atomic E-state index is 13.8. The number of aromatic nitrogens is 1. The average molecular weight is 428 g/mol. The molecule has 0 aliphatic heterocycles. The summed E-state index contributed by atoms with van der Waals surface area (Å²) < 4.78 is 109. The van der Waals surface area contributed by atoms with Gasteiger partial charge in [-0.2, -0.15) is 17.2 Å². The van der Waals surface area contributed by atoms with E-state index in [9.17, 15) is 34.8 Å². The van der Waals surface area contributed by atoms with Crippen molar-refractivity contribution in [3.05, 3.63) is 64.5 Å². The lowest BCUT2D eigenvalue weighted by Crippen LogP contribution is -2.14. The Balaban J connectivity index is 2.14. The summed E-state index contributed by atoms with van der Waals surface area (Å²) in [6, 6.07) is 2.57. The second-order valence-corrected chi connectivity index (χ2v) is 6.95. The normalized spacial score (nSPS) is 11.8. The topological polar surface area (TPSA) is 56.3 Å². The molecule has 27 heavy (non-hydrogen) atoms. The highest BCUT2D eigenvalue weighted by Gasteiger charge is 2.31. The van der Waals surface area contributed by atoms with Gasteiger partial charge in [0.25, 0.3) is 0 Å². The minimum atomic E-state index is -5.09. The van der Waals surface area contributed by atoms with Crippen LogP contribution in [0.4, 0.5) is 26.3 Å². The third-order valence-corrected chi connectivity index (χ3v) is 4.93. The first-order valence-corrected chi connectivity index (χ1v) is 8.53. The third-order valence-electron chi connectivity index (χ3n) is 3.41. The Hall–Kier alpha value is -2.53. The molecular formula is C15H4ClF6NO3S. The number of pyridine rings is 1. The summed E-state index contributed by atoms with van der Waals surface area (Å²) >= 11 is 5.74. The quantitative estimate of drug-likeness (QED) is 0.203. The second-order valence-electron chi connectivity index (χ2n) is 5.04. The third kappa shape index (κ3) is 3.16. The first-order chi connectivity index (χ1) is 12.5. The average Bonchev–Trinajstić information content (AvgIpc) is 2.65. The van der Waals surface area contributed by atoms with Gasteiger partial charge in [0.15, 0.2) is 0 Å². The first-order valence-electron chi connectivity index (χ1n) is 6.74. The first kappa shape index (κ1) is 19.2. The van der Waals surface area contributed by atoms with Crippen LogP contribution in [0, 0.1) is 34.9 Å². The molecule has 0 radical (unpaired) electrons. The molecule has 1 aromatic heterocycles. The largest absolute Gasteiger partial charge is 0.372 e. The van der Waals surface area contributed by atoms with Crippen LogP contribution in [-0.2, 0) is 10.1 Å². The summed E-state index contributed by atoms with van der Waals surface area (Å²) in [6.45, 7) is 0. The van der Waals surface area contributed by atoms with Gasteiger partial charge in [-0.05, 0) is 18.2 Å². The van der Waals surface area contributed by atoms with Gasteiger partial charge in [0, 0.05) is 10.8 Å². The van der Waals surface area contributed by atoms with Gasteiger partial charge in [-0.15, -0.1) is 0 Å². The van der Waals surface area contributed by atoms with Gasteiger partial charge < -0.3 is 4.18 Å². The van der Waals surface area contributed by atoms with E-state index in [0.717, 1.165) is 12.1 Å². The lowest BCUT2D eigenvalue weighted by molar-refractivity contribution is 0.346. The number of hydrogen-bond donors (Lipinski definition) is 0. The van der Waals surface area contributed by atoms with Crippen molar-refractivity contribution in [2.75, 3.05) is 0 Å². The van der Waals surface area contributed by atoms with Crippen molar-refractivity contribution in [3.63, 3.8) is 0 Å². The fourth-order valence-corrected chi connectivity index (χ4v) is 3.30. The van der Waals surface area contributed by atoms with Crippen molar-refractivity contribution in [3.8, 4) is 5.75 Å². The van der Waals surface area contributed by atoms with E-state index >= 15 is 0 Å². The van der Waals surface area contributed by atoms with E-state index in [2.05, 4.69) is 9.17 Å². The molecule has 4 nitrogen and oxygen atoms in total. The number of nitrogens with zero attached hydrogens (tertiary/aromatic N) is 1. The molecule has 0 bridgehead atoms. The minimum Gasteiger partial charge on any atom is -0.372 e. The zero-order valence-electron chi connectivity index (χ0n) is 12.5. The highest BCUT2D eigenvalue weighted by Crippen LogP contribution is 2.32. The molecule has 0 spiro atoms. The second kappa shape index (κ2) is 6.57. The molecule has 12 heteroatoms. The Morgan fingerprint density at radius 1 is 0.852 bits per heavy atom. The summed E-state index contributed by atoms with van der Waals surface area (Å²) in [5, 5.41) is -0.458. The SMILES string of the molecule is O=S(=O)(Oc1c(F)c(F)c(F)c(F)c1F)c1ccc2c(Cl)ncc(F)c2c1. The van der Waals surface area contributed by atoms with Crippen molar-refractivity contribution < 1.29 is 38.9 Å². The molecule has 0 saturated carbocycles. The van der Waals surface area contributed by atoms with E-state index in [1.54, 1.807) is 0 Å². The monoisotopic (exact) mass is 427 g/mol. The predicted molar refractivity (Wildman–Crippen MR) is 80.8 cm³/mol. The summed E-state index contributed by atoms with van der Waals surface area (Å²) in [6.07, 6.45) is 0.700. The number of hydrogen-bond acceptors (Lipinski definition) is 4. The molecule has 0 aliphatic carbocycles. The molecule has 0 saturated heterocycles. The summed E-state index contributed by atoms with van der Waals surface area (Å²) in [7, 11) is -5.09. The standard InChI is InChI=1S/C15H4ClF6NO3S/c16-15-6-2-1-5(3-7(6)8(17)4-23-15)27(24,25)26-14-12(21)10(19)9(18)11(20)13(14)22/h1-4H. The van der Waals surface area contributed by atoms with E-state index in [1.807, 2.05) is 0 Å². The van der Waals surface area contributed by atoms with Gasteiger partial charge in [-0.1, -0.05) is 11.6 Å². The summed E-state index contributed by atoms with van der Waals surface area (Å²) in [5.74, 6) is -15.2. The fourth-order valence-electron chi connectivity index (χ4n) is 2.12. The van der Waals surface area contributed by atoms with E-state index < -0.39 is 55.7 Å². The van der Waals surface area contributed by atoms with Crippen LogP contribution in [0.15, 0.2) is 29.3 Å². The Morgan fingerprint density at radius 2 is 1.41 bits per heavy atom. The highest BCUT2D eigenvalue weighted by molar-refractivity contribution is 7.87. The Morgan fingerprint density at radius 3 is 2.00 bits per heavy atom. The highest BCUT2D eigenvalue weighted by atomic mass is 35.5. The number of benzene rings is 2. The molecule has 0 atom stereocenters. The molecule has 2 aromatic carbocycles. The van der Waals surface area contributed by atoms with E-state index in [0.29, 0.717) is 12.3 Å². The van der Waals surface area contributed by atoms with Gasteiger partial charge in [0.05, 0.1) is 6.20 Å².